The Morgan fingerprint density at radius 3 is 2.75 bits per heavy atom. The lowest BCUT2D eigenvalue weighted by Gasteiger charge is -2.26. The molecule has 1 aliphatic heterocycles. The van der Waals surface area contributed by atoms with Gasteiger partial charge in [0.05, 0.1) is 0 Å². The minimum absolute atomic E-state index is 0.636. The number of unbranched alkanes of at least 4 members (excludes halogenated alkanes) is 1. The summed E-state index contributed by atoms with van der Waals surface area (Å²) in [5.41, 5.74) is 0. The second kappa shape index (κ2) is 8.08. The topological polar surface area (TPSA) is 15.3 Å². The van der Waals surface area contributed by atoms with Gasteiger partial charge in [-0.25, -0.2) is 0 Å². The number of nitrogens with one attached hydrogen (secondary N) is 1. The van der Waals surface area contributed by atoms with E-state index in [2.05, 4.69) is 31.0 Å². The Bertz CT molecular complexity index is 168. The van der Waals surface area contributed by atoms with Gasteiger partial charge in [-0.2, -0.15) is 0 Å². The highest BCUT2D eigenvalue weighted by Crippen LogP contribution is 2.16. The van der Waals surface area contributed by atoms with Crippen LogP contribution in [-0.4, -0.2) is 36.6 Å². The summed E-state index contributed by atoms with van der Waals surface area (Å²) >= 11 is 0. The fraction of sp³-hybridized carbons (Fsp3) is 1.00. The molecule has 0 bridgehead atoms. The number of hydrogen-bond donors (Lipinski definition) is 1. The largest absolute Gasteiger partial charge is 0.315 e. The standard InChI is InChI=1S/C14H30N2/c1-13(2)15-10-6-8-12-16-11-7-4-5-9-14(16)3/h13-15H,4-12H2,1-3H3. The SMILES string of the molecule is CC(C)NCCCCN1CCCCCC1C. The Labute approximate surface area is 102 Å². The van der Waals surface area contributed by atoms with Gasteiger partial charge in [0.2, 0.25) is 0 Å². The molecule has 0 aromatic rings. The highest BCUT2D eigenvalue weighted by molar-refractivity contribution is 4.71. The molecule has 0 aliphatic carbocycles. The summed E-state index contributed by atoms with van der Waals surface area (Å²) in [5, 5.41) is 3.49. The van der Waals surface area contributed by atoms with Crippen molar-refractivity contribution in [2.45, 2.75) is 71.4 Å². The lowest BCUT2D eigenvalue weighted by Crippen LogP contribution is -2.34. The molecule has 1 heterocycles. The molecule has 0 amide bonds. The van der Waals surface area contributed by atoms with Gasteiger partial charge >= 0.3 is 0 Å². The number of hydrogen-bond acceptors (Lipinski definition) is 2. The normalized spacial score (nSPS) is 23.6. The van der Waals surface area contributed by atoms with Crippen LogP contribution in [0.15, 0.2) is 0 Å². The number of nitrogens with zero attached hydrogens (tertiary/aromatic N) is 1. The fourth-order valence-corrected chi connectivity index (χ4v) is 2.50. The second-order valence-electron chi connectivity index (χ2n) is 5.55. The van der Waals surface area contributed by atoms with Crippen LogP contribution in [-0.2, 0) is 0 Å². The molecule has 2 heteroatoms. The Morgan fingerprint density at radius 2 is 2.00 bits per heavy atom. The van der Waals surface area contributed by atoms with Crippen molar-refractivity contribution in [1.82, 2.24) is 10.2 Å². The Kier molecular flexibility index (Phi) is 7.06. The maximum Gasteiger partial charge on any atom is 0.00669 e. The van der Waals surface area contributed by atoms with E-state index < -0.39 is 0 Å². The Hall–Kier alpha value is -0.0800. The van der Waals surface area contributed by atoms with Crippen LogP contribution < -0.4 is 5.32 Å². The first kappa shape index (κ1) is 14.0. The van der Waals surface area contributed by atoms with Crippen molar-refractivity contribution in [3.05, 3.63) is 0 Å². The first-order chi connectivity index (χ1) is 7.70. The lowest BCUT2D eigenvalue weighted by atomic mass is 10.1. The predicted octanol–water partition coefficient (Wildman–Crippen LogP) is 3.03. The van der Waals surface area contributed by atoms with Crippen molar-refractivity contribution in [1.29, 1.82) is 0 Å². The molecule has 1 atom stereocenters. The van der Waals surface area contributed by atoms with E-state index in [1.54, 1.807) is 0 Å². The van der Waals surface area contributed by atoms with Crippen LogP contribution in [0.4, 0.5) is 0 Å². The van der Waals surface area contributed by atoms with E-state index in [1.807, 2.05) is 0 Å². The van der Waals surface area contributed by atoms with Crippen LogP contribution >= 0.6 is 0 Å². The van der Waals surface area contributed by atoms with Crippen molar-refractivity contribution in [2.75, 3.05) is 19.6 Å². The molecule has 1 saturated heterocycles. The second-order valence-corrected chi connectivity index (χ2v) is 5.55. The van der Waals surface area contributed by atoms with Gasteiger partial charge in [0.25, 0.3) is 0 Å². The molecule has 0 saturated carbocycles. The van der Waals surface area contributed by atoms with Gasteiger partial charge in [0, 0.05) is 12.1 Å². The zero-order valence-electron chi connectivity index (χ0n) is 11.5. The van der Waals surface area contributed by atoms with Gasteiger partial charge in [-0.15, -0.1) is 0 Å². The highest BCUT2D eigenvalue weighted by Gasteiger charge is 2.15. The van der Waals surface area contributed by atoms with Crippen molar-refractivity contribution in [3.8, 4) is 0 Å². The third-order valence-corrected chi connectivity index (χ3v) is 3.62. The minimum Gasteiger partial charge on any atom is -0.315 e. The van der Waals surface area contributed by atoms with Gasteiger partial charge in [-0.3, -0.25) is 0 Å². The molecule has 1 rings (SSSR count). The summed E-state index contributed by atoms with van der Waals surface area (Å²) in [5.74, 6) is 0. The van der Waals surface area contributed by atoms with Crippen molar-refractivity contribution >= 4 is 0 Å². The summed E-state index contributed by atoms with van der Waals surface area (Å²) in [6.45, 7) is 10.7. The van der Waals surface area contributed by atoms with E-state index in [0.29, 0.717) is 6.04 Å². The molecule has 0 radical (unpaired) electrons. The molecule has 1 fully saturated rings. The lowest BCUT2D eigenvalue weighted by molar-refractivity contribution is 0.209. The van der Waals surface area contributed by atoms with Crippen molar-refractivity contribution < 1.29 is 0 Å². The van der Waals surface area contributed by atoms with Crippen LogP contribution in [0, 0.1) is 0 Å². The molecule has 2 nitrogen and oxygen atoms in total. The zero-order valence-corrected chi connectivity index (χ0v) is 11.5. The maximum atomic E-state index is 3.49. The van der Waals surface area contributed by atoms with Gasteiger partial charge in [-0.1, -0.05) is 26.7 Å². The first-order valence-corrected chi connectivity index (χ1v) is 7.17. The van der Waals surface area contributed by atoms with Crippen LogP contribution in [0.5, 0.6) is 0 Å². The van der Waals surface area contributed by atoms with E-state index in [9.17, 15) is 0 Å². The summed E-state index contributed by atoms with van der Waals surface area (Å²) < 4.78 is 0. The van der Waals surface area contributed by atoms with Gasteiger partial charge in [-0.05, 0) is 52.2 Å². The minimum atomic E-state index is 0.636. The third-order valence-electron chi connectivity index (χ3n) is 3.62. The molecule has 1 aliphatic rings. The maximum absolute atomic E-state index is 3.49. The molecule has 16 heavy (non-hydrogen) atoms. The van der Waals surface area contributed by atoms with Gasteiger partial charge in [0.1, 0.15) is 0 Å². The quantitative estimate of drug-likeness (QED) is 0.700. The summed E-state index contributed by atoms with van der Waals surface area (Å²) in [7, 11) is 0. The van der Waals surface area contributed by atoms with Crippen LogP contribution in [0.2, 0.25) is 0 Å². The number of rotatable bonds is 6. The molecule has 0 aromatic carbocycles. The molecular formula is C14H30N2. The fourth-order valence-electron chi connectivity index (χ4n) is 2.50. The van der Waals surface area contributed by atoms with Crippen molar-refractivity contribution in [2.24, 2.45) is 0 Å². The van der Waals surface area contributed by atoms with E-state index >= 15 is 0 Å². The molecule has 0 spiro atoms. The summed E-state index contributed by atoms with van der Waals surface area (Å²) in [4.78, 5) is 2.70. The van der Waals surface area contributed by atoms with Crippen LogP contribution in [0.1, 0.15) is 59.3 Å². The average molecular weight is 226 g/mol. The molecule has 1 N–H and O–H groups in total. The Balaban J connectivity index is 2.06. The van der Waals surface area contributed by atoms with Gasteiger partial charge in [0.15, 0.2) is 0 Å². The molecule has 96 valence electrons. The van der Waals surface area contributed by atoms with Crippen LogP contribution in [0.3, 0.4) is 0 Å². The summed E-state index contributed by atoms with van der Waals surface area (Å²) in [6.07, 6.45) is 8.37. The van der Waals surface area contributed by atoms with E-state index in [-0.39, 0.29) is 0 Å². The molecule has 0 aromatic heterocycles. The molecular weight excluding hydrogens is 196 g/mol. The van der Waals surface area contributed by atoms with E-state index in [0.717, 1.165) is 6.04 Å². The van der Waals surface area contributed by atoms with Gasteiger partial charge < -0.3 is 10.2 Å². The predicted molar refractivity (Wildman–Crippen MR) is 71.9 cm³/mol. The molecule has 1 unspecified atom stereocenters. The monoisotopic (exact) mass is 226 g/mol. The third kappa shape index (κ3) is 5.86. The first-order valence-electron chi connectivity index (χ1n) is 7.17. The Morgan fingerprint density at radius 1 is 1.19 bits per heavy atom. The smallest absolute Gasteiger partial charge is 0.00669 e. The number of likely N-dealkylation sites (tertiary alicyclic amines) is 1. The van der Waals surface area contributed by atoms with Crippen LogP contribution in [0.25, 0.3) is 0 Å². The van der Waals surface area contributed by atoms with Crippen molar-refractivity contribution in [3.63, 3.8) is 0 Å². The summed E-state index contributed by atoms with van der Waals surface area (Å²) in [6, 6.07) is 1.46. The zero-order chi connectivity index (χ0) is 11.8. The highest BCUT2D eigenvalue weighted by atomic mass is 15.1. The van der Waals surface area contributed by atoms with E-state index in [4.69, 9.17) is 0 Å². The van der Waals surface area contributed by atoms with E-state index in [1.165, 1.54) is 58.2 Å². The average Bonchev–Trinajstić information content (AvgIpc) is 2.43.